The summed E-state index contributed by atoms with van der Waals surface area (Å²) in [7, 11) is 0. The van der Waals surface area contributed by atoms with E-state index in [4.69, 9.17) is 5.10 Å². The summed E-state index contributed by atoms with van der Waals surface area (Å²) in [6, 6.07) is 22.6. The first kappa shape index (κ1) is 21.8. The van der Waals surface area contributed by atoms with Crippen LogP contribution < -0.4 is 4.90 Å². The molecule has 0 bridgehead atoms. The van der Waals surface area contributed by atoms with Crippen LogP contribution in [0.4, 0.5) is 5.69 Å². The molecule has 0 unspecified atom stereocenters. The van der Waals surface area contributed by atoms with Crippen LogP contribution in [0, 0.1) is 0 Å². The molecule has 32 heavy (non-hydrogen) atoms. The Morgan fingerprint density at radius 3 is 2.41 bits per heavy atom. The van der Waals surface area contributed by atoms with Gasteiger partial charge in [0, 0.05) is 42.5 Å². The summed E-state index contributed by atoms with van der Waals surface area (Å²) in [6.45, 7) is 6.31. The van der Waals surface area contributed by atoms with E-state index in [1.165, 1.54) is 11.3 Å². The Morgan fingerprint density at radius 2 is 1.72 bits per heavy atom. The van der Waals surface area contributed by atoms with Gasteiger partial charge in [0.2, 0.25) is 5.16 Å². The first-order valence-electron chi connectivity index (χ1n) is 10.7. The molecule has 2 aromatic heterocycles. The molecule has 0 amide bonds. The van der Waals surface area contributed by atoms with Crippen LogP contribution in [0.5, 0.6) is 0 Å². The first-order valence-corrected chi connectivity index (χ1v) is 11.7. The van der Waals surface area contributed by atoms with Crippen molar-refractivity contribution in [3.8, 4) is 11.4 Å². The van der Waals surface area contributed by atoms with Gasteiger partial charge in [-0.05, 0) is 49.2 Å². The quantitative estimate of drug-likeness (QED) is 0.258. The van der Waals surface area contributed by atoms with Gasteiger partial charge in [-0.15, -0.1) is 10.2 Å². The molecule has 0 aliphatic carbocycles. The molecule has 162 valence electrons. The van der Waals surface area contributed by atoms with Gasteiger partial charge < -0.3 is 4.90 Å². The summed E-state index contributed by atoms with van der Waals surface area (Å²) in [5.41, 5.74) is 4.34. The SMILES string of the molecule is CCN(CC)c1ccc(C=Nn2c(SCc3ccccc3)nnc2-c2cccnc2)cc1. The van der Waals surface area contributed by atoms with Crippen LogP contribution in [0.3, 0.4) is 0 Å². The summed E-state index contributed by atoms with van der Waals surface area (Å²) in [6.07, 6.45) is 5.37. The van der Waals surface area contributed by atoms with Gasteiger partial charge in [0.05, 0.1) is 6.21 Å². The van der Waals surface area contributed by atoms with Crippen molar-refractivity contribution in [3.63, 3.8) is 0 Å². The van der Waals surface area contributed by atoms with Crippen molar-refractivity contribution in [2.24, 2.45) is 5.10 Å². The van der Waals surface area contributed by atoms with E-state index in [-0.39, 0.29) is 0 Å². The second kappa shape index (κ2) is 10.7. The smallest absolute Gasteiger partial charge is 0.212 e. The number of thioether (sulfide) groups is 1. The zero-order chi connectivity index (χ0) is 22.2. The summed E-state index contributed by atoms with van der Waals surface area (Å²) < 4.78 is 1.79. The van der Waals surface area contributed by atoms with Crippen molar-refractivity contribution in [1.29, 1.82) is 0 Å². The predicted octanol–water partition coefficient (Wildman–Crippen LogP) is 5.36. The van der Waals surface area contributed by atoms with Crippen molar-refractivity contribution in [2.75, 3.05) is 18.0 Å². The zero-order valence-electron chi connectivity index (χ0n) is 18.3. The molecule has 7 heteroatoms. The lowest BCUT2D eigenvalue weighted by Crippen LogP contribution is -2.21. The second-order valence-electron chi connectivity index (χ2n) is 7.14. The first-order chi connectivity index (χ1) is 15.8. The summed E-state index contributed by atoms with van der Waals surface area (Å²) in [5, 5.41) is 14.3. The van der Waals surface area contributed by atoms with E-state index in [0.29, 0.717) is 5.82 Å². The van der Waals surface area contributed by atoms with Crippen LogP contribution in [0.25, 0.3) is 11.4 Å². The fraction of sp³-hybridized carbons (Fsp3) is 0.200. The fourth-order valence-electron chi connectivity index (χ4n) is 3.34. The molecule has 6 nitrogen and oxygen atoms in total. The van der Waals surface area contributed by atoms with Crippen LogP contribution >= 0.6 is 11.8 Å². The van der Waals surface area contributed by atoms with Crippen molar-refractivity contribution in [3.05, 3.63) is 90.3 Å². The molecule has 0 spiro atoms. The maximum atomic E-state index is 4.74. The van der Waals surface area contributed by atoms with E-state index in [0.717, 1.165) is 35.1 Å². The maximum absolute atomic E-state index is 4.74. The number of aromatic nitrogens is 4. The maximum Gasteiger partial charge on any atom is 0.212 e. The number of nitrogens with zero attached hydrogens (tertiary/aromatic N) is 6. The summed E-state index contributed by atoms with van der Waals surface area (Å²) in [5.74, 6) is 1.46. The standard InChI is InChI=1S/C25H26N6S/c1-3-30(4-2)23-14-12-20(13-15-23)17-27-31-24(22-11-8-16-26-18-22)28-29-25(31)32-19-21-9-6-5-7-10-21/h5-18H,3-4,19H2,1-2H3. The fourth-order valence-corrected chi connectivity index (χ4v) is 4.18. The largest absolute Gasteiger partial charge is 0.372 e. The van der Waals surface area contributed by atoms with Crippen LogP contribution in [0.15, 0.2) is 89.4 Å². The third-order valence-electron chi connectivity index (χ3n) is 5.09. The highest BCUT2D eigenvalue weighted by atomic mass is 32.2. The molecule has 4 rings (SSSR count). The highest BCUT2D eigenvalue weighted by Crippen LogP contribution is 2.26. The van der Waals surface area contributed by atoms with E-state index in [1.807, 2.05) is 36.5 Å². The number of benzene rings is 2. The van der Waals surface area contributed by atoms with E-state index in [2.05, 4.69) is 70.3 Å². The number of hydrogen-bond donors (Lipinski definition) is 0. The lowest BCUT2D eigenvalue weighted by Gasteiger charge is -2.20. The van der Waals surface area contributed by atoms with Gasteiger partial charge in [-0.2, -0.15) is 9.78 Å². The molecule has 2 heterocycles. The topological polar surface area (TPSA) is 59.2 Å². The van der Waals surface area contributed by atoms with Gasteiger partial charge in [0.15, 0.2) is 5.82 Å². The minimum Gasteiger partial charge on any atom is -0.372 e. The second-order valence-corrected chi connectivity index (χ2v) is 8.08. The number of hydrogen-bond acceptors (Lipinski definition) is 6. The van der Waals surface area contributed by atoms with E-state index >= 15 is 0 Å². The predicted molar refractivity (Wildman–Crippen MR) is 132 cm³/mol. The molecule has 0 radical (unpaired) electrons. The Hall–Kier alpha value is -3.45. The Morgan fingerprint density at radius 1 is 0.938 bits per heavy atom. The van der Waals surface area contributed by atoms with Crippen molar-refractivity contribution >= 4 is 23.7 Å². The molecule has 0 aliphatic rings. The number of anilines is 1. The van der Waals surface area contributed by atoms with Crippen LogP contribution in [-0.4, -0.2) is 39.2 Å². The van der Waals surface area contributed by atoms with Gasteiger partial charge in [-0.1, -0.05) is 54.2 Å². The van der Waals surface area contributed by atoms with Crippen molar-refractivity contribution in [1.82, 2.24) is 19.9 Å². The molecule has 0 saturated heterocycles. The average Bonchev–Trinajstić information content (AvgIpc) is 3.27. The summed E-state index contributed by atoms with van der Waals surface area (Å²) >= 11 is 1.61. The average molecular weight is 443 g/mol. The van der Waals surface area contributed by atoms with E-state index in [9.17, 15) is 0 Å². The molecule has 0 atom stereocenters. The molecule has 0 aliphatic heterocycles. The van der Waals surface area contributed by atoms with Crippen molar-refractivity contribution in [2.45, 2.75) is 24.8 Å². The number of rotatable bonds is 9. The lowest BCUT2D eigenvalue weighted by molar-refractivity contribution is 0.772. The Balaban J connectivity index is 1.61. The Bertz CT molecular complexity index is 1140. The molecule has 2 aromatic carbocycles. The molecular formula is C25H26N6S. The molecule has 0 fully saturated rings. The molecule has 4 aromatic rings. The van der Waals surface area contributed by atoms with Gasteiger partial charge >= 0.3 is 0 Å². The third kappa shape index (κ3) is 5.23. The summed E-state index contributed by atoms with van der Waals surface area (Å²) in [4.78, 5) is 6.54. The van der Waals surface area contributed by atoms with Crippen LogP contribution in [0.1, 0.15) is 25.0 Å². The Kier molecular flexibility index (Phi) is 7.30. The zero-order valence-corrected chi connectivity index (χ0v) is 19.1. The van der Waals surface area contributed by atoms with Gasteiger partial charge in [-0.3, -0.25) is 4.98 Å². The highest BCUT2D eigenvalue weighted by molar-refractivity contribution is 7.98. The monoisotopic (exact) mass is 442 g/mol. The number of pyridine rings is 1. The third-order valence-corrected chi connectivity index (χ3v) is 6.08. The van der Waals surface area contributed by atoms with Gasteiger partial charge in [0.25, 0.3) is 0 Å². The lowest BCUT2D eigenvalue weighted by atomic mass is 10.2. The molecule has 0 saturated carbocycles. The van der Waals surface area contributed by atoms with Gasteiger partial charge in [0.1, 0.15) is 0 Å². The van der Waals surface area contributed by atoms with E-state index in [1.54, 1.807) is 28.8 Å². The normalized spacial score (nSPS) is 11.2. The van der Waals surface area contributed by atoms with Crippen LogP contribution in [-0.2, 0) is 5.75 Å². The minimum atomic E-state index is 0.671. The minimum absolute atomic E-state index is 0.671. The van der Waals surface area contributed by atoms with Crippen LogP contribution in [0.2, 0.25) is 0 Å². The van der Waals surface area contributed by atoms with Gasteiger partial charge in [-0.25, -0.2) is 0 Å². The van der Waals surface area contributed by atoms with Crippen molar-refractivity contribution < 1.29 is 0 Å². The van der Waals surface area contributed by atoms with E-state index < -0.39 is 0 Å². The Labute approximate surface area is 193 Å². The molecule has 0 N–H and O–H groups in total. The molecular weight excluding hydrogens is 416 g/mol. The highest BCUT2D eigenvalue weighted by Gasteiger charge is 2.14.